The fourth-order valence-electron chi connectivity index (χ4n) is 3.19. The molecule has 2 aromatic heterocycles. The van der Waals surface area contributed by atoms with E-state index in [0.29, 0.717) is 30.2 Å². The second kappa shape index (κ2) is 8.42. The minimum absolute atomic E-state index is 0.0474. The summed E-state index contributed by atoms with van der Waals surface area (Å²) in [7, 11) is 0. The molecule has 0 saturated heterocycles. The molecule has 4 rings (SSSR count). The van der Waals surface area contributed by atoms with Crippen LogP contribution < -0.4 is 4.90 Å². The first-order valence-corrected chi connectivity index (χ1v) is 10.2. The molecule has 0 fully saturated rings. The van der Waals surface area contributed by atoms with Gasteiger partial charge in [0.05, 0.1) is 21.5 Å². The first-order valence-electron chi connectivity index (χ1n) is 9.41. The second-order valence-corrected chi connectivity index (χ2v) is 7.84. The van der Waals surface area contributed by atoms with E-state index in [0.717, 1.165) is 15.8 Å². The molecule has 0 saturated carbocycles. The number of nitro benzene ring substituents is 1. The summed E-state index contributed by atoms with van der Waals surface area (Å²) in [4.78, 5) is 34.1. The van der Waals surface area contributed by atoms with Crippen LogP contribution in [-0.4, -0.2) is 31.9 Å². The first-order chi connectivity index (χ1) is 14.5. The van der Waals surface area contributed by atoms with Crippen LogP contribution in [0.1, 0.15) is 22.3 Å². The minimum atomic E-state index is -0.479. The summed E-state index contributed by atoms with van der Waals surface area (Å²) in [5.41, 5.74) is 2.28. The van der Waals surface area contributed by atoms with Crippen molar-refractivity contribution < 1.29 is 9.72 Å². The zero-order valence-corrected chi connectivity index (χ0v) is 17.1. The summed E-state index contributed by atoms with van der Waals surface area (Å²) >= 11 is 1.47. The van der Waals surface area contributed by atoms with Crippen molar-refractivity contribution >= 4 is 38.3 Å². The number of benzene rings is 2. The van der Waals surface area contributed by atoms with Crippen molar-refractivity contribution in [3.8, 4) is 0 Å². The molecule has 30 heavy (non-hydrogen) atoms. The number of carbonyl (C=O) groups is 1. The zero-order chi connectivity index (χ0) is 21.1. The number of non-ortho nitro benzene ring substituents is 1. The maximum atomic E-state index is 13.3. The Morgan fingerprint density at radius 2 is 2.03 bits per heavy atom. The van der Waals surface area contributed by atoms with Crippen molar-refractivity contribution in [3.05, 3.63) is 82.4 Å². The van der Waals surface area contributed by atoms with Crippen LogP contribution in [0, 0.1) is 17.0 Å². The summed E-state index contributed by atoms with van der Waals surface area (Å²) in [6.07, 6.45) is 6.05. The third-order valence-corrected chi connectivity index (χ3v) is 5.81. The molecule has 4 aromatic rings. The fraction of sp³-hybridized carbons (Fsp3) is 0.190. The van der Waals surface area contributed by atoms with E-state index in [1.54, 1.807) is 17.4 Å². The highest BCUT2D eigenvalue weighted by atomic mass is 32.1. The number of hydrogen-bond acceptors (Lipinski definition) is 6. The Balaban J connectivity index is 1.63. The van der Waals surface area contributed by atoms with E-state index < -0.39 is 4.92 Å². The summed E-state index contributed by atoms with van der Waals surface area (Å²) in [5.74, 6) is -0.229. The number of rotatable bonds is 7. The molecule has 1 amide bonds. The van der Waals surface area contributed by atoms with Crippen LogP contribution in [0.5, 0.6) is 0 Å². The van der Waals surface area contributed by atoms with Crippen LogP contribution >= 0.6 is 11.3 Å². The van der Waals surface area contributed by atoms with Gasteiger partial charge in [0, 0.05) is 43.2 Å². The second-order valence-electron chi connectivity index (χ2n) is 6.83. The Labute approximate surface area is 176 Å². The van der Waals surface area contributed by atoms with Gasteiger partial charge in [0.15, 0.2) is 5.13 Å². The van der Waals surface area contributed by atoms with Crippen molar-refractivity contribution in [1.29, 1.82) is 0 Å². The number of nitrogens with zero attached hydrogens (tertiary/aromatic N) is 5. The summed E-state index contributed by atoms with van der Waals surface area (Å²) < 4.78 is 2.97. The summed E-state index contributed by atoms with van der Waals surface area (Å²) in [6, 6.07) is 11.6. The Morgan fingerprint density at radius 1 is 1.23 bits per heavy atom. The monoisotopic (exact) mass is 421 g/mol. The number of anilines is 1. The Bertz CT molecular complexity index is 1190. The van der Waals surface area contributed by atoms with Crippen molar-refractivity contribution in [2.24, 2.45) is 0 Å². The van der Waals surface area contributed by atoms with Gasteiger partial charge in [-0.3, -0.25) is 19.8 Å². The lowest BCUT2D eigenvalue weighted by Crippen LogP contribution is -2.32. The fourth-order valence-corrected chi connectivity index (χ4v) is 4.25. The molecule has 0 unspecified atom stereocenters. The standard InChI is InChI=1S/C21H19N5O3S/c1-15-4-2-5-18-19(15)23-21(30-18)25(12-3-11-24-13-10-22-14-24)20(27)16-6-8-17(9-7-16)26(28)29/h2,4-10,13-14H,3,11-12H2,1H3. The van der Waals surface area contributed by atoms with Gasteiger partial charge >= 0.3 is 0 Å². The number of thiazole rings is 1. The van der Waals surface area contributed by atoms with Crippen LogP contribution in [0.25, 0.3) is 10.2 Å². The van der Waals surface area contributed by atoms with E-state index in [-0.39, 0.29) is 11.6 Å². The van der Waals surface area contributed by atoms with Gasteiger partial charge in [-0.05, 0) is 37.1 Å². The lowest BCUT2D eigenvalue weighted by atomic mass is 10.2. The molecule has 0 aliphatic rings. The Morgan fingerprint density at radius 3 is 2.70 bits per heavy atom. The topological polar surface area (TPSA) is 94.2 Å². The van der Waals surface area contributed by atoms with Crippen LogP contribution in [0.4, 0.5) is 10.8 Å². The third-order valence-electron chi connectivity index (χ3n) is 4.77. The largest absolute Gasteiger partial charge is 0.337 e. The third kappa shape index (κ3) is 4.06. The lowest BCUT2D eigenvalue weighted by molar-refractivity contribution is -0.384. The van der Waals surface area contributed by atoms with E-state index in [1.807, 2.05) is 35.9 Å². The van der Waals surface area contributed by atoms with Crippen molar-refractivity contribution in [2.75, 3.05) is 11.4 Å². The molecule has 0 N–H and O–H groups in total. The Kier molecular flexibility index (Phi) is 5.53. The van der Waals surface area contributed by atoms with Gasteiger partial charge in [-0.15, -0.1) is 0 Å². The van der Waals surface area contributed by atoms with Crippen LogP contribution in [0.2, 0.25) is 0 Å². The molecule has 2 aromatic carbocycles. The molecule has 0 spiro atoms. The molecular weight excluding hydrogens is 402 g/mol. The van der Waals surface area contributed by atoms with E-state index >= 15 is 0 Å². The first kappa shape index (κ1) is 19.7. The normalized spacial score (nSPS) is 11.0. The van der Waals surface area contributed by atoms with Crippen molar-refractivity contribution in [3.63, 3.8) is 0 Å². The highest BCUT2D eigenvalue weighted by molar-refractivity contribution is 7.22. The molecular formula is C21H19N5O3S. The smallest absolute Gasteiger partial charge is 0.269 e. The molecule has 9 heteroatoms. The van der Waals surface area contributed by atoms with E-state index in [2.05, 4.69) is 4.98 Å². The van der Waals surface area contributed by atoms with Crippen LogP contribution in [0.3, 0.4) is 0 Å². The molecule has 0 aliphatic carbocycles. The molecule has 8 nitrogen and oxygen atoms in total. The van der Waals surface area contributed by atoms with Gasteiger partial charge in [0.1, 0.15) is 0 Å². The van der Waals surface area contributed by atoms with E-state index in [4.69, 9.17) is 4.98 Å². The van der Waals surface area contributed by atoms with Gasteiger partial charge in [0.2, 0.25) is 0 Å². The predicted molar refractivity (Wildman–Crippen MR) is 116 cm³/mol. The average molecular weight is 421 g/mol. The number of carbonyl (C=O) groups excluding carboxylic acids is 1. The van der Waals surface area contributed by atoms with Gasteiger partial charge in [-0.25, -0.2) is 9.97 Å². The number of amides is 1. The molecule has 0 bridgehead atoms. The van der Waals surface area contributed by atoms with Gasteiger partial charge in [-0.1, -0.05) is 23.5 Å². The minimum Gasteiger partial charge on any atom is -0.337 e. The SMILES string of the molecule is Cc1cccc2sc(N(CCCn3ccnc3)C(=O)c3ccc([N+](=O)[O-])cc3)nc12. The average Bonchev–Trinajstić information content (AvgIpc) is 3.41. The molecule has 0 aliphatic heterocycles. The highest BCUT2D eigenvalue weighted by Gasteiger charge is 2.22. The number of nitro groups is 1. The maximum Gasteiger partial charge on any atom is 0.269 e. The number of aromatic nitrogens is 3. The van der Waals surface area contributed by atoms with Crippen molar-refractivity contribution in [2.45, 2.75) is 19.9 Å². The summed E-state index contributed by atoms with van der Waals surface area (Å²) in [5, 5.41) is 11.5. The number of imidazole rings is 1. The van der Waals surface area contributed by atoms with Gasteiger partial charge in [-0.2, -0.15) is 0 Å². The summed E-state index contributed by atoms with van der Waals surface area (Å²) in [6.45, 7) is 3.17. The lowest BCUT2D eigenvalue weighted by Gasteiger charge is -2.20. The van der Waals surface area contributed by atoms with Crippen molar-refractivity contribution in [1.82, 2.24) is 14.5 Å². The predicted octanol–water partition coefficient (Wildman–Crippen LogP) is 4.45. The molecule has 152 valence electrons. The van der Waals surface area contributed by atoms with Gasteiger partial charge in [0.25, 0.3) is 11.6 Å². The molecule has 0 atom stereocenters. The quantitative estimate of drug-likeness (QED) is 0.325. The number of hydrogen-bond donors (Lipinski definition) is 0. The number of fused-ring (bicyclic) bond motifs is 1. The number of para-hydroxylation sites is 1. The van der Waals surface area contributed by atoms with E-state index in [9.17, 15) is 14.9 Å². The number of aryl methyl sites for hydroxylation is 2. The van der Waals surface area contributed by atoms with Crippen LogP contribution in [0.15, 0.2) is 61.2 Å². The van der Waals surface area contributed by atoms with Gasteiger partial charge < -0.3 is 4.57 Å². The van der Waals surface area contributed by atoms with Crippen LogP contribution in [-0.2, 0) is 6.54 Å². The maximum absolute atomic E-state index is 13.3. The van der Waals surface area contributed by atoms with E-state index in [1.165, 1.54) is 35.6 Å². The Hall–Kier alpha value is -3.59. The highest BCUT2D eigenvalue weighted by Crippen LogP contribution is 2.31. The molecule has 0 radical (unpaired) electrons. The zero-order valence-electron chi connectivity index (χ0n) is 16.3. The molecule has 2 heterocycles.